The highest BCUT2D eigenvalue weighted by Crippen LogP contribution is 2.31. The molecule has 0 aliphatic carbocycles. The van der Waals surface area contributed by atoms with Crippen molar-refractivity contribution in [1.82, 2.24) is 24.2 Å². The summed E-state index contributed by atoms with van der Waals surface area (Å²) in [5.41, 5.74) is 0.884. The van der Waals surface area contributed by atoms with E-state index in [0.717, 1.165) is 31.6 Å². The third-order valence-electron chi connectivity index (χ3n) is 5.40. The van der Waals surface area contributed by atoms with Crippen LogP contribution < -0.4 is 11.4 Å². The summed E-state index contributed by atoms with van der Waals surface area (Å²) in [5.74, 6) is 0.319. The van der Waals surface area contributed by atoms with E-state index in [4.69, 9.17) is 9.15 Å². The Balaban J connectivity index is 1.30. The van der Waals surface area contributed by atoms with Gasteiger partial charge in [0.15, 0.2) is 11.4 Å². The molecular weight excluding hydrogens is 338 g/mol. The average Bonchev–Trinajstić information content (AvgIpc) is 3.30. The van der Waals surface area contributed by atoms with Crippen LogP contribution >= 0.6 is 0 Å². The maximum Gasteiger partial charge on any atom is 0.419 e. The normalized spacial score (nSPS) is 23.1. The smallest absolute Gasteiger partial charge is 0.408 e. The molecule has 5 rings (SSSR count). The molecule has 2 aliphatic rings. The van der Waals surface area contributed by atoms with Crippen LogP contribution in [0.3, 0.4) is 0 Å². The standard InChI is InChI=1S/C17H19N5O4/c23-15-19-18-14-9-25-17(11-22(14)15)5-6-20(10-17)7-8-21-12-3-1-2-4-13(12)26-16(21)24/h1-4H,5-11H2,(H,19,23). The van der Waals surface area contributed by atoms with Crippen LogP contribution in [0.1, 0.15) is 12.2 Å². The number of hydrogen-bond donors (Lipinski definition) is 1. The number of fused-ring (bicyclic) bond motifs is 2. The van der Waals surface area contributed by atoms with Crippen LogP contribution in [-0.2, 0) is 24.4 Å². The summed E-state index contributed by atoms with van der Waals surface area (Å²) in [6, 6.07) is 7.44. The van der Waals surface area contributed by atoms with E-state index in [1.54, 1.807) is 15.2 Å². The molecule has 1 aromatic carbocycles. The van der Waals surface area contributed by atoms with Gasteiger partial charge in [0.05, 0.1) is 12.1 Å². The molecule has 0 saturated carbocycles. The Kier molecular flexibility index (Phi) is 3.41. The van der Waals surface area contributed by atoms with Crippen molar-refractivity contribution in [2.24, 2.45) is 0 Å². The summed E-state index contributed by atoms with van der Waals surface area (Å²) in [6.07, 6.45) is 0.852. The Morgan fingerprint density at radius 2 is 2.08 bits per heavy atom. The van der Waals surface area contributed by atoms with Crippen molar-refractivity contribution >= 4 is 11.1 Å². The lowest BCUT2D eigenvalue weighted by atomic mass is 10.0. The van der Waals surface area contributed by atoms with Gasteiger partial charge in [-0.15, -0.1) is 0 Å². The first-order valence-electron chi connectivity index (χ1n) is 8.72. The number of rotatable bonds is 3. The molecule has 2 aliphatic heterocycles. The van der Waals surface area contributed by atoms with Gasteiger partial charge in [0.25, 0.3) is 0 Å². The highest BCUT2D eigenvalue weighted by atomic mass is 16.5. The molecule has 1 spiro atoms. The summed E-state index contributed by atoms with van der Waals surface area (Å²) in [5, 5.41) is 6.46. The Morgan fingerprint density at radius 3 is 3.00 bits per heavy atom. The van der Waals surface area contributed by atoms with Crippen LogP contribution in [0.15, 0.2) is 38.3 Å². The number of oxazole rings is 1. The van der Waals surface area contributed by atoms with Crippen molar-refractivity contribution in [3.05, 3.63) is 51.1 Å². The van der Waals surface area contributed by atoms with E-state index < -0.39 is 0 Å². The Bertz CT molecular complexity index is 1080. The van der Waals surface area contributed by atoms with Crippen LogP contribution in [0.2, 0.25) is 0 Å². The number of H-pyrrole nitrogens is 1. The number of aromatic nitrogens is 4. The van der Waals surface area contributed by atoms with Crippen LogP contribution in [-0.4, -0.2) is 49.5 Å². The predicted molar refractivity (Wildman–Crippen MR) is 91.9 cm³/mol. The minimum atomic E-state index is -0.357. The third-order valence-corrected chi connectivity index (χ3v) is 5.40. The molecule has 0 bridgehead atoms. The number of hydrogen-bond acceptors (Lipinski definition) is 6. The largest absolute Gasteiger partial charge is 0.419 e. The molecule has 1 unspecified atom stereocenters. The van der Waals surface area contributed by atoms with Crippen molar-refractivity contribution in [3.63, 3.8) is 0 Å². The molecule has 1 fully saturated rings. The topological polar surface area (TPSA) is 98.3 Å². The van der Waals surface area contributed by atoms with Crippen molar-refractivity contribution < 1.29 is 9.15 Å². The molecule has 4 heterocycles. The summed E-state index contributed by atoms with van der Waals surface area (Å²) < 4.78 is 14.7. The Hall–Kier alpha value is -2.65. The number of para-hydroxylation sites is 2. The van der Waals surface area contributed by atoms with E-state index >= 15 is 0 Å². The monoisotopic (exact) mass is 357 g/mol. The number of aromatic amines is 1. The molecule has 1 N–H and O–H groups in total. The maximum atomic E-state index is 12.1. The number of nitrogens with zero attached hydrogens (tertiary/aromatic N) is 4. The summed E-state index contributed by atoms with van der Waals surface area (Å²) >= 11 is 0. The minimum absolute atomic E-state index is 0.183. The zero-order chi connectivity index (χ0) is 17.7. The van der Waals surface area contributed by atoms with E-state index in [1.807, 2.05) is 18.2 Å². The van der Waals surface area contributed by atoms with Crippen molar-refractivity contribution in [2.45, 2.75) is 31.7 Å². The van der Waals surface area contributed by atoms with E-state index in [0.29, 0.717) is 31.1 Å². The average molecular weight is 357 g/mol. The maximum absolute atomic E-state index is 12.1. The number of likely N-dealkylation sites (tertiary alicyclic amines) is 1. The van der Waals surface area contributed by atoms with Gasteiger partial charge in [-0.1, -0.05) is 12.1 Å². The molecule has 2 aromatic heterocycles. The fourth-order valence-corrected chi connectivity index (χ4v) is 4.01. The SMILES string of the molecule is O=c1[nH]nc2n1CC1(CCN(CCn3c(=O)oc4ccccc43)C1)OC2. The molecule has 26 heavy (non-hydrogen) atoms. The number of benzene rings is 1. The summed E-state index contributed by atoms with van der Waals surface area (Å²) in [6.45, 7) is 3.74. The second-order valence-corrected chi connectivity index (χ2v) is 7.02. The van der Waals surface area contributed by atoms with Crippen molar-refractivity contribution in [2.75, 3.05) is 19.6 Å². The van der Waals surface area contributed by atoms with Gasteiger partial charge in [-0.25, -0.2) is 14.7 Å². The van der Waals surface area contributed by atoms with Gasteiger partial charge in [0.2, 0.25) is 0 Å². The molecule has 1 atom stereocenters. The second kappa shape index (κ2) is 5.68. The summed E-state index contributed by atoms with van der Waals surface area (Å²) in [4.78, 5) is 26.2. The lowest BCUT2D eigenvalue weighted by Crippen LogP contribution is -2.46. The van der Waals surface area contributed by atoms with E-state index in [1.165, 1.54) is 0 Å². The lowest BCUT2D eigenvalue weighted by Gasteiger charge is -2.33. The molecular formula is C17H19N5O4. The first kappa shape index (κ1) is 15.6. The van der Waals surface area contributed by atoms with Gasteiger partial charge in [0, 0.05) is 26.2 Å². The van der Waals surface area contributed by atoms with Gasteiger partial charge >= 0.3 is 11.4 Å². The minimum Gasteiger partial charge on any atom is -0.408 e. The molecule has 9 heteroatoms. The Labute approximate surface area is 147 Å². The molecule has 0 amide bonds. The van der Waals surface area contributed by atoms with E-state index in [-0.39, 0.29) is 17.0 Å². The van der Waals surface area contributed by atoms with Crippen molar-refractivity contribution in [1.29, 1.82) is 0 Å². The molecule has 1 saturated heterocycles. The first-order chi connectivity index (χ1) is 12.6. The van der Waals surface area contributed by atoms with Gasteiger partial charge in [-0.3, -0.25) is 14.0 Å². The molecule has 9 nitrogen and oxygen atoms in total. The highest BCUT2D eigenvalue weighted by Gasteiger charge is 2.43. The van der Waals surface area contributed by atoms with Crippen molar-refractivity contribution in [3.8, 4) is 0 Å². The fraction of sp³-hybridized carbons (Fsp3) is 0.471. The van der Waals surface area contributed by atoms with Gasteiger partial charge in [0.1, 0.15) is 12.2 Å². The highest BCUT2D eigenvalue weighted by molar-refractivity contribution is 5.72. The van der Waals surface area contributed by atoms with Gasteiger partial charge < -0.3 is 9.15 Å². The zero-order valence-electron chi connectivity index (χ0n) is 14.2. The Morgan fingerprint density at radius 1 is 1.19 bits per heavy atom. The molecule has 3 aromatic rings. The lowest BCUT2D eigenvalue weighted by molar-refractivity contribution is -0.0830. The number of ether oxygens (including phenoxy) is 1. The predicted octanol–water partition coefficient (Wildman–Crippen LogP) is 0.154. The molecule has 0 radical (unpaired) electrons. The van der Waals surface area contributed by atoms with Crippen LogP contribution in [0.25, 0.3) is 11.1 Å². The second-order valence-electron chi connectivity index (χ2n) is 7.02. The van der Waals surface area contributed by atoms with Crippen LogP contribution in [0, 0.1) is 0 Å². The number of nitrogens with one attached hydrogen (secondary N) is 1. The van der Waals surface area contributed by atoms with E-state index in [9.17, 15) is 9.59 Å². The quantitative estimate of drug-likeness (QED) is 0.717. The van der Waals surface area contributed by atoms with E-state index in [2.05, 4.69) is 15.1 Å². The van der Waals surface area contributed by atoms with Gasteiger partial charge in [-0.05, 0) is 18.6 Å². The summed E-state index contributed by atoms with van der Waals surface area (Å²) in [7, 11) is 0. The fourth-order valence-electron chi connectivity index (χ4n) is 4.01. The molecule has 136 valence electrons. The van der Waals surface area contributed by atoms with Gasteiger partial charge in [-0.2, -0.15) is 5.10 Å². The van der Waals surface area contributed by atoms with Crippen LogP contribution in [0.5, 0.6) is 0 Å². The zero-order valence-corrected chi connectivity index (χ0v) is 14.2. The third kappa shape index (κ3) is 2.43. The van der Waals surface area contributed by atoms with Crippen LogP contribution in [0.4, 0.5) is 0 Å². The first-order valence-corrected chi connectivity index (χ1v) is 8.72.